The van der Waals surface area contributed by atoms with Crippen LogP contribution in [0.1, 0.15) is 18.6 Å². The summed E-state index contributed by atoms with van der Waals surface area (Å²) < 4.78 is 65.0. The summed E-state index contributed by atoms with van der Waals surface area (Å²) in [5, 5.41) is 21.7. The number of nitrogens with one attached hydrogen (secondary N) is 1. The molecule has 0 saturated carbocycles. The van der Waals surface area contributed by atoms with E-state index in [0.717, 1.165) is 24.3 Å². The first-order valence-corrected chi connectivity index (χ1v) is 6.28. The van der Waals surface area contributed by atoms with E-state index in [0.29, 0.717) is 0 Å². The topological polar surface area (TPSA) is 78.8 Å². The van der Waals surface area contributed by atoms with Crippen LogP contribution in [0.5, 0.6) is 5.75 Å². The van der Waals surface area contributed by atoms with Crippen molar-refractivity contribution in [1.29, 1.82) is 0 Å². The molecule has 23 heavy (non-hydrogen) atoms. The predicted molar refractivity (Wildman–Crippen MR) is 67.7 cm³/mol. The van der Waals surface area contributed by atoms with E-state index in [1.54, 1.807) is 0 Å². The Morgan fingerprint density at radius 3 is 2.13 bits per heavy atom. The number of hydrogen-bond donors (Lipinski definition) is 3. The van der Waals surface area contributed by atoms with Gasteiger partial charge in [0.15, 0.2) is 0 Å². The molecule has 0 radical (unpaired) electrons. The van der Waals surface area contributed by atoms with E-state index >= 15 is 0 Å². The van der Waals surface area contributed by atoms with Gasteiger partial charge < -0.3 is 20.3 Å². The number of ether oxygens (including phenoxy) is 1. The largest absolute Gasteiger partial charge is 0.499 e. The van der Waals surface area contributed by atoms with Crippen LogP contribution in [0.25, 0.3) is 0 Å². The van der Waals surface area contributed by atoms with Crippen LogP contribution in [-0.2, 0) is 4.79 Å². The zero-order valence-electron chi connectivity index (χ0n) is 11.8. The Labute approximate surface area is 127 Å². The molecule has 1 aromatic rings. The summed E-state index contributed by atoms with van der Waals surface area (Å²) in [5.41, 5.74) is 0.0468. The van der Waals surface area contributed by atoms with E-state index in [2.05, 4.69) is 10.1 Å². The molecule has 1 rings (SSSR count). The molecule has 130 valence electrons. The van der Waals surface area contributed by atoms with Crippen LogP contribution in [-0.4, -0.2) is 41.1 Å². The van der Waals surface area contributed by atoms with Gasteiger partial charge in [0.25, 0.3) is 0 Å². The highest BCUT2D eigenvalue weighted by molar-refractivity contribution is 5.72. The Morgan fingerprint density at radius 1 is 1.17 bits per heavy atom. The van der Waals surface area contributed by atoms with Crippen LogP contribution < -0.4 is 10.1 Å². The fraction of sp³-hybridized carbons (Fsp3) is 0.462. The number of aliphatic hydroxyl groups is 2. The minimum atomic E-state index is -5.86. The maximum absolute atomic E-state index is 12.7. The molecular formula is C13H14F5NO4. The van der Waals surface area contributed by atoms with Crippen molar-refractivity contribution in [2.75, 3.05) is 6.54 Å². The second kappa shape index (κ2) is 7.09. The van der Waals surface area contributed by atoms with Crippen LogP contribution in [0.2, 0.25) is 0 Å². The molecule has 0 aliphatic carbocycles. The lowest BCUT2D eigenvalue weighted by molar-refractivity contribution is -0.360. The van der Waals surface area contributed by atoms with Gasteiger partial charge in [-0.05, 0) is 17.7 Å². The van der Waals surface area contributed by atoms with Gasteiger partial charge in [0.05, 0.1) is 0 Å². The number of alkyl halides is 5. The molecule has 5 nitrogen and oxygen atoms in total. The molecule has 10 heteroatoms. The van der Waals surface area contributed by atoms with Crippen LogP contribution in [0.4, 0.5) is 22.0 Å². The van der Waals surface area contributed by atoms with E-state index in [1.807, 2.05) is 0 Å². The summed E-state index contributed by atoms with van der Waals surface area (Å²) in [4.78, 5) is 10.7. The minimum absolute atomic E-state index is 0.0468. The zero-order chi connectivity index (χ0) is 17.8. The average molecular weight is 343 g/mol. The van der Waals surface area contributed by atoms with Crippen molar-refractivity contribution in [3.8, 4) is 5.75 Å². The van der Waals surface area contributed by atoms with E-state index in [1.165, 1.54) is 6.92 Å². The van der Waals surface area contributed by atoms with Crippen molar-refractivity contribution in [3.63, 3.8) is 0 Å². The maximum atomic E-state index is 12.7. The third-order valence-corrected chi connectivity index (χ3v) is 2.72. The summed E-state index contributed by atoms with van der Waals surface area (Å²) in [6.07, 6.45) is -14.1. The van der Waals surface area contributed by atoms with Crippen molar-refractivity contribution in [3.05, 3.63) is 29.8 Å². The molecule has 2 unspecified atom stereocenters. The van der Waals surface area contributed by atoms with Gasteiger partial charge in [-0.3, -0.25) is 4.79 Å². The number of rotatable bonds is 6. The SMILES string of the molecule is CC(=O)NCC(O)C(O)c1ccc(OC(F)(F)C(F)(F)F)cc1. The Hall–Kier alpha value is -1.94. The average Bonchev–Trinajstić information content (AvgIpc) is 2.43. The minimum Gasteiger partial charge on any atom is -0.426 e. The summed E-state index contributed by atoms with van der Waals surface area (Å²) in [5.74, 6) is -1.20. The van der Waals surface area contributed by atoms with Crippen molar-refractivity contribution < 1.29 is 41.7 Å². The van der Waals surface area contributed by atoms with Gasteiger partial charge in [-0.25, -0.2) is 0 Å². The van der Waals surface area contributed by atoms with Gasteiger partial charge in [0, 0.05) is 13.5 Å². The second-order valence-corrected chi connectivity index (χ2v) is 4.63. The van der Waals surface area contributed by atoms with Gasteiger partial charge in [-0.2, -0.15) is 22.0 Å². The molecule has 0 heterocycles. The number of halogens is 5. The Bertz CT molecular complexity index is 532. The number of hydrogen-bond acceptors (Lipinski definition) is 4. The Morgan fingerprint density at radius 2 is 1.70 bits per heavy atom. The normalized spacial score (nSPS) is 15.0. The van der Waals surface area contributed by atoms with Gasteiger partial charge in [0.2, 0.25) is 5.91 Å². The quantitative estimate of drug-likeness (QED) is 0.688. The van der Waals surface area contributed by atoms with Gasteiger partial charge in [-0.1, -0.05) is 12.1 Å². The molecule has 0 fully saturated rings. The zero-order valence-corrected chi connectivity index (χ0v) is 11.8. The third kappa shape index (κ3) is 5.32. The fourth-order valence-electron chi connectivity index (χ4n) is 1.52. The Kier molecular flexibility index (Phi) is 5.89. The van der Waals surface area contributed by atoms with Gasteiger partial charge in [0.1, 0.15) is 18.0 Å². The lowest BCUT2D eigenvalue weighted by Gasteiger charge is -2.21. The summed E-state index contributed by atoms with van der Waals surface area (Å²) in [6, 6.07) is 3.62. The smallest absolute Gasteiger partial charge is 0.426 e. The molecule has 0 spiro atoms. The van der Waals surface area contributed by atoms with Crippen LogP contribution >= 0.6 is 0 Å². The first kappa shape index (κ1) is 19.1. The van der Waals surface area contributed by atoms with Crippen LogP contribution in [0, 0.1) is 0 Å². The monoisotopic (exact) mass is 343 g/mol. The molecule has 2 atom stereocenters. The summed E-state index contributed by atoms with van der Waals surface area (Å²) >= 11 is 0. The molecular weight excluding hydrogens is 329 g/mol. The molecule has 0 aliphatic rings. The molecule has 1 amide bonds. The molecule has 0 saturated heterocycles. The lowest BCUT2D eigenvalue weighted by Crippen LogP contribution is -2.41. The van der Waals surface area contributed by atoms with E-state index < -0.39 is 36.1 Å². The highest BCUT2D eigenvalue weighted by atomic mass is 19.4. The number of amides is 1. The lowest BCUT2D eigenvalue weighted by atomic mass is 10.0. The van der Waals surface area contributed by atoms with Gasteiger partial charge >= 0.3 is 12.3 Å². The fourth-order valence-corrected chi connectivity index (χ4v) is 1.52. The number of benzene rings is 1. The highest BCUT2D eigenvalue weighted by Gasteiger charge is 2.61. The summed E-state index contributed by atoms with van der Waals surface area (Å²) in [7, 11) is 0. The standard InChI is InChI=1S/C13H14F5NO4/c1-7(20)19-6-10(21)11(22)8-2-4-9(5-3-8)23-13(17,18)12(14,15)16/h2-5,10-11,21-22H,6H2,1H3,(H,19,20). The molecule has 1 aromatic carbocycles. The van der Waals surface area contributed by atoms with Crippen molar-refractivity contribution >= 4 is 5.91 Å². The van der Waals surface area contributed by atoms with Crippen molar-refractivity contribution in [2.45, 2.75) is 31.4 Å². The maximum Gasteiger partial charge on any atom is 0.499 e. The first-order chi connectivity index (χ1) is 10.4. The van der Waals surface area contributed by atoms with E-state index in [-0.39, 0.29) is 12.1 Å². The van der Waals surface area contributed by atoms with Crippen LogP contribution in [0.15, 0.2) is 24.3 Å². The Balaban J connectivity index is 2.74. The molecule has 0 bridgehead atoms. The highest BCUT2D eigenvalue weighted by Crippen LogP contribution is 2.37. The second-order valence-electron chi connectivity index (χ2n) is 4.63. The molecule has 0 aromatic heterocycles. The van der Waals surface area contributed by atoms with Crippen LogP contribution in [0.3, 0.4) is 0 Å². The third-order valence-electron chi connectivity index (χ3n) is 2.72. The first-order valence-electron chi connectivity index (χ1n) is 6.28. The van der Waals surface area contributed by atoms with E-state index in [4.69, 9.17) is 0 Å². The summed E-state index contributed by atoms with van der Waals surface area (Å²) in [6.45, 7) is 0.937. The molecule has 3 N–H and O–H groups in total. The molecule has 0 aliphatic heterocycles. The number of carbonyl (C=O) groups is 1. The van der Waals surface area contributed by atoms with Gasteiger partial charge in [-0.15, -0.1) is 0 Å². The number of aliphatic hydroxyl groups excluding tert-OH is 2. The predicted octanol–water partition coefficient (Wildman–Crippen LogP) is 1.75. The van der Waals surface area contributed by atoms with Crippen molar-refractivity contribution in [2.24, 2.45) is 0 Å². The number of carbonyl (C=O) groups excluding carboxylic acids is 1. The van der Waals surface area contributed by atoms with E-state index in [9.17, 15) is 37.0 Å². The van der Waals surface area contributed by atoms with Crippen molar-refractivity contribution in [1.82, 2.24) is 5.32 Å².